The van der Waals surface area contributed by atoms with E-state index < -0.39 is 0 Å². The Hall–Kier alpha value is -2.09. The van der Waals surface area contributed by atoms with E-state index in [4.69, 9.17) is 0 Å². The van der Waals surface area contributed by atoms with Gasteiger partial charge >= 0.3 is 0 Å². The van der Waals surface area contributed by atoms with Crippen LogP contribution in [0, 0.1) is 20.8 Å². The summed E-state index contributed by atoms with van der Waals surface area (Å²) in [5, 5.41) is 0. The number of carbonyl (C=O) groups is 1. The minimum absolute atomic E-state index is 0.164. The summed E-state index contributed by atoms with van der Waals surface area (Å²) in [6.45, 7) is 6.52. The highest BCUT2D eigenvalue weighted by molar-refractivity contribution is 6.00. The van der Waals surface area contributed by atoms with E-state index in [9.17, 15) is 4.79 Å². The molecule has 0 heterocycles. The Balaban J connectivity index is 2.19. The number of Topliss-reactive ketones (excluding diaryl/α,β-unsaturated/α-hetero) is 1. The molecule has 104 valence electrons. The number of carbonyl (C=O) groups excluding carboxylic acids is 1. The first kappa shape index (κ1) is 14.3. The van der Waals surface area contributed by atoms with Gasteiger partial charge in [-0.3, -0.25) is 4.79 Å². The maximum Gasteiger partial charge on any atom is 0.182 e. The van der Waals surface area contributed by atoms with Gasteiger partial charge in [0.1, 0.15) is 0 Å². The van der Waals surface area contributed by atoms with Crippen molar-refractivity contribution < 1.29 is 4.79 Å². The molecule has 20 heavy (non-hydrogen) atoms. The molecule has 0 fully saturated rings. The molecule has 0 aliphatic carbocycles. The van der Waals surface area contributed by atoms with Crippen LogP contribution in [-0.2, 0) is 0 Å². The third kappa shape index (κ3) is 3.08. The van der Waals surface area contributed by atoms with Crippen molar-refractivity contribution in [3.05, 3.63) is 64.7 Å². The highest BCUT2D eigenvalue weighted by atomic mass is 16.1. The molecule has 0 radical (unpaired) electrons. The van der Waals surface area contributed by atoms with Gasteiger partial charge in [0, 0.05) is 18.3 Å². The fourth-order valence-electron chi connectivity index (χ4n) is 2.34. The van der Waals surface area contributed by atoms with Crippen LogP contribution in [0.1, 0.15) is 27.0 Å². The van der Waals surface area contributed by atoms with Crippen molar-refractivity contribution in [2.45, 2.75) is 20.8 Å². The Morgan fingerprint density at radius 2 is 1.55 bits per heavy atom. The van der Waals surface area contributed by atoms with E-state index in [0.29, 0.717) is 6.54 Å². The van der Waals surface area contributed by atoms with Gasteiger partial charge in [-0.15, -0.1) is 0 Å². The van der Waals surface area contributed by atoms with Crippen LogP contribution in [0.25, 0.3) is 0 Å². The van der Waals surface area contributed by atoms with E-state index >= 15 is 0 Å². The second-order valence-electron chi connectivity index (χ2n) is 5.37. The Morgan fingerprint density at radius 1 is 0.950 bits per heavy atom. The summed E-state index contributed by atoms with van der Waals surface area (Å²) in [6.07, 6.45) is 0. The highest BCUT2D eigenvalue weighted by Crippen LogP contribution is 2.17. The lowest BCUT2D eigenvalue weighted by Gasteiger charge is -2.19. The van der Waals surface area contributed by atoms with Gasteiger partial charge in [0.2, 0.25) is 0 Å². The van der Waals surface area contributed by atoms with Gasteiger partial charge in [0.05, 0.1) is 6.54 Å². The zero-order valence-electron chi connectivity index (χ0n) is 12.6. The van der Waals surface area contributed by atoms with E-state index in [-0.39, 0.29) is 5.78 Å². The van der Waals surface area contributed by atoms with Gasteiger partial charge in [-0.1, -0.05) is 24.3 Å². The standard InChI is InChI=1S/C18H21NO/c1-13-10-15(3)17(11-14(13)2)18(20)12-19(4)16-8-6-5-7-9-16/h5-11H,12H2,1-4H3. The number of likely N-dealkylation sites (N-methyl/N-ethyl adjacent to an activating group) is 1. The summed E-state index contributed by atoms with van der Waals surface area (Å²) < 4.78 is 0. The lowest BCUT2D eigenvalue weighted by Crippen LogP contribution is -2.26. The molecule has 0 aliphatic rings. The lowest BCUT2D eigenvalue weighted by atomic mass is 9.98. The Bertz CT molecular complexity index is 617. The number of anilines is 1. The predicted molar refractivity (Wildman–Crippen MR) is 84.7 cm³/mol. The third-order valence-electron chi connectivity index (χ3n) is 3.72. The van der Waals surface area contributed by atoms with Crippen molar-refractivity contribution >= 4 is 11.5 Å². The first-order valence-corrected chi connectivity index (χ1v) is 6.86. The Kier molecular flexibility index (Phi) is 4.23. The molecule has 0 saturated heterocycles. The van der Waals surface area contributed by atoms with E-state index in [0.717, 1.165) is 16.8 Å². The van der Waals surface area contributed by atoms with Crippen molar-refractivity contribution in [3.8, 4) is 0 Å². The molecular formula is C18H21NO. The third-order valence-corrected chi connectivity index (χ3v) is 3.72. The number of benzene rings is 2. The Morgan fingerprint density at radius 3 is 2.20 bits per heavy atom. The van der Waals surface area contributed by atoms with Crippen LogP contribution in [0.2, 0.25) is 0 Å². The van der Waals surface area contributed by atoms with Gasteiger partial charge < -0.3 is 4.90 Å². The van der Waals surface area contributed by atoms with Crippen molar-refractivity contribution in [2.75, 3.05) is 18.5 Å². The normalized spacial score (nSPS) is 10.4. The van der Waals surface area contributed by atoms with Crippen LogP contribution in [0.15, 0.2) is 42.5 Å². The summed E-state index contributed by atoms with van der Waals surface area (Å²) >= 11 is 0. The van der Waals surface area contributed by atoms with Crippen LogP contribution < -0.4 is 4.90 Å². The fraction of sp³-hybridized carbons (Fsp3) is 0.278. The second kappa shape index (κ2) is 5.91. The zero-order valence-corrected chi connectivity index (χ0v) is 12.6. The molecule has 0 N–H and O–H groups in total. The van der Waals surface area contributed by atoms with Crippen molar-refractivity contribution in [1.29, 1.82) is 0 Å². The highest BCUT2D eigenvalue weighted by Gasteiger charge is 2.13. The minimum atomic E-state index is 0.164. The number of para-hydroxylation sites is 1. The van der Waals surface area contributed by atoms with E-state index in [1.807, 2.05) is 62.2 Å². The van der Waals surface area contributed by atoms with E-state index in [1.165, 1.54) is 11.1 Å². The average Bonchev–Trinajstić information content (AvgIpc) is 2.43. The van der Waals surface area contributed by atoms with Crippen LogP contribution in [0.5, 0.6) is 0 Å². The van der Waals surface area contributed by atoms with Crippen molar-refractivity contribution in [3.63, 3.8) is 0 Å². The lowest BCUT2D eigenvalue weighted by molar-refractivity contribution is 0.0999. The molecule has 2 nitrogen and oxygen atoms in total. The van der Waals surface area contributed by atoms with Crippen molar-refractivity contribution in [2.24, 2.45) is 0 Å². The molecule has 0 amide bonds. The first-order valence-electron chi connectivity index (χ1n) is 6.86. The summed E-state index contributed by atoms with van der Waals surface area (Å²) in [5.74, 6) is 0.164. The summed E-state index contributed by atoms with van der Waals surface area (Å²) in [5.41, 5.74) is 5.34. The SMILES string of the molecule is Cc1cc(C)c(C(=O)CN(C)c2ccccc2)cc1C. The van der Waals surface area contributed by atoms with Gasteiger partial charge in [-0.25, -0.2) is 0 Å². The fourth-order valence-corrected chi connectivity index (χ4v) is 2.34. The van der Waals surface area contributed by atoms with E-state index in [1.54, 1.807) is 0 Å². The molecule has 0 atom stereocenters. The average molecular weight is 267 g/mol. The minimum Gasteiger partial charge on any atom is -0.367 e. The monoisotopic (exact) mass is 267 g/mol. The number of aryl methyl sites for hydroxylation is 3. The molecule has 0 spiro atoms. The van der Waals surface area contributed by atoms with Gasteiger partial charge in [-0.2, -0.15) is 0 Å². The molecule has 0 saturated carbocycles. The zero-order chi connectivity index (χ0) is 14.7. The molecule has 2 heteroatoms. The Labute approximate surface area is 121 Å². The van der Waals surface area contributed by atoms with Crippen LogP contribution in [-0.4, -0.2) is 19.4 Å². The maximum absolute atomic E-state index is 12.5. The largest absolute Gasteiger partial charge is 0.367 e. The molecule has 0 bridgehead atoms. The number of hydrogen-bond acceptors (Lipinski definition) is 2. The van der Waals surface area contributed by atoms with Crippen LogP contribution in [0.3, 0.4) is 0 Å². The smallest absolute Gasteiger partial charge is 0.182 e. The molecule has 2 rings (SSSR count). The molecule has 0 unspecified atom stereocenters. The van der Waals surface area contributed by atoms with Crippen LogP contribution in [0.4, 0.5) is 5.69 Å². The van der Waals surface area contributed by atoms with E-state index in [2.05, 4.69) is 13.0 Å². The molecule has 0 aliphatic heterocycles. The van der Waals surface area contributed by atoms with Crippen molar-refractivity contribution in [1.82, 2.24) is 0 Å². The summed E-state index contributed by atoms with van der Waals surface area (Å²) in [4.78, 5) is 14.5. The maximum atomic E-state index is 12.5. The molecule has 2 aromatic carbocycles. The number of ketones is 1. The number of rotatable bonds is 4. The predicted octanol–water partition coefficient (Wildman–Crippen LogP) is 3.93. The molecule has 0 aromatic heterocycles. The number of nitrogens with zero attached hydrogens (tertiary/aromatic N) is 1. The quantitative estimate of drug-likeness (QED) is 0.782. The first-order chi connectivity index (χ1) is 9.49. The van der Waals surface area contributed by atoms with Gasteiger partial charge in [-0.05, 0) is 55.7 Å². The number of hydrogen-bond donors (Lipinski definition) is 0. The summed E-state index contributed by atoms with van der Waals surface area (Å²) in [7, 11) is 1.95. The molecule has 2 aromatic rings. The topological polar surface area (TPSA) is 20.3 Å². The summed E-state index contributed by atoms with van der Waals surface area (Å²) in [6, 6.07) is 14.1. The van der Waals surface area contributed by atoms with Gasteiger partial charge in [0.15, 0.2) is 5.78 Å². The second-order valence-corrected chi connectivity index (χ2v) is 5.37. The van der Waals surface area contributed by atoms with Crippen LogP contribution >= 0.6 is 0 Å². The molecular weight excluding hydrogens is 246 g/mol. The van der Waals surface area contributed by atoms with Gasteiger partial charge in [0.25, 0.3) is 0 Å².